The van der Waals surface area contributed by atoms with Crippen LogP contribution in [0.25, 0.3) is 22.3 Å². The summed E-state index contributed by atoms with van der Waals surface area (Å²) in [6.07, 6.45) is 0. The van der Waals surface area contributed by atoms with E-state index in [1.807, 2.05) is 31.2 Å². The highest BCUT2D eigenvalue weighted by Gasteiger charge is 2.31. The second kappa shape index (κ2) is 7.02. The van der Waals surface area contributed by atoms with Crippen LogP contribution in [0.5, 0.6) is 5.75 Å². The number of hydrogen-bond donors (Lipinski definition) is 1. The molecule has 0 bridgehead atoms. The van der Waals surface area contributed by atoms with Gasteiger partial charge in [0.25, 0.3) is 0 Å². The van der Waals surface area contributed by atoms with Gasteiger partial charge in [0.1, 0.15) is 5.75 Å². The van der Waals surface area contributed by atoms with Crippen molar-refractivity contribution < 1.29 is 14.3 Å². The van der Waals surface area contributed by atoms with Crippen LogP contribution in [0.1, 0.15) is 49.3 Å². The number of aromatic nitrogens is 3. The molecule has 0 unspecified atom stereocenters. The van der Waals surface area contributed by atoms with Gasteiger partial charge >= 0.3 is 5.97 Å². The van der Waals surface area contributed by atoms with Gasteiger partial charge in [-0.3, -0.25) is 5.10 Å². The van der Waals surface area contributed by atoms with Crippen molar-refractivity contribution in [2.24, 2.45) is 0 Å². The Morgan fingerprint density at radius 1 is 1.19 bits per heavy atom. The Bertz CT molecular complexity index is 983. The first-order valence-corrected chi connectivity index (χ1v) is 8.98. The first-order chi connectivity index (χ1) is 12.8. The summed E-state index contributed by atoms with van der Waals surface area (Å²) < 4.78 is 10.7. The molecule has 0 amide bonds. The number of aryl methyl sites for hydroxylation is 1. The molecule has 0 aliphatic carbocycles. The second-order valence-electron chi connectivity index (χ2n) is 7.46. The molecule has 6 nitrogen and oxygen atoms in total. The van der Waals surface area contributed by atoms with Crippen molar-refractivity contribution in [3.8, 4) is 17.0 Å². The molecule has 0 aliphatic rings. The van der Waals surface area contributed by atoms with Crippen molar-refractivity contribution in [3.05, 3.63) is 41.1 Å². The van der Waals surface area contributed by atoms with Crippen molar-refractivity contribution in [2.75, 3.05) is 13.7 Å². The molecule has 0 spiro atoms. The van der Waals surface area contributed by atoms with Crippen LogP contribution < -0.4 is 4.74 Å². The monoisotopic (exact) mass is 367 g/mol. The minimum absolute atomic E-state index is 0.307. The Kier molecular flexibility index (Phi) is 4.91. The van der Waals surface area contributed by atoms with Gasteiger partial charge in [-0.1, -0.05) is 20.8 Å². The Labute approximate surface area is 158 Å². The fraction of sp³-hybridized carbons (Fsp3) is 0.381. The van der Waals surface area contributed by atoms with E-state index in [-0.39, 0.29) is 11.4 Å². The smallest absolute Gasteiger partial charge is 0.339 e. The molecule has 1 N–H and O–H groups in total. The van der Waals surface area contributed by atoms with E-state index in [0.29, 0.717) is 17.8 Å². The zero-order chi connectivity index (χ0) is 19.8. The normalized spacial score (nSPS) is 11.6. The summed E-state index contributed by atoms with van der Waals surface area (Å²) in [6.45, 7) is 10.2. The quantitative estimate of drug-likeness (QED) is 0.691. The number of esters is 1. The molecule has 6 heteroatoms. The Morgan fingerprint density at radius 3 is 2.41 bits per heavy atom. The van der Waals surface area contributed by atoms with Crippen LogP contribution in [0.15, 0.2) is 24.3 Å². The molecule has 0 saturated carbocycles. The SMILES string of the molecule is CCOC(=O)c1c(C(C)(C)C)c(-c2ccc(OC)cc2)nc2n[nH]c(C)c12. The molecule has 0 aliphatic heterocycles. The van der Waals surface area contributed by atoms with Gasteiger partial charge in [0.15, 0.2) is 5.65 Å². The lowest BCUT2D eigenvalue weighted by Gasteiger charge is -2.26. The molecule has 0 fully saturated rings. The van der Waals surface area contributed by atoms with Crippen LogP contribution in [0, 0.1) is 6.92 Å². The van der Waals surface area contributed by atoms with E-state index in [1.54, 1.807) is 14.0 Å². The number of pyridine rings is 1. The van der Waals surface area contributed by atoms with E-state index in [9.17, 15) is 4.79 Å². The van der Waals surface area contributed by atoms with Crippen molar-refractivity contribution in [1.82, 2.24) is 15.2 Å². The number of hydrogen-bond acceptors (Lipinski definition) is 5. The molecule has 142 valence electrons. The predicted molar refractivity (Wildman–Crippen MR) is 105 cm³/mol. The summed E-state index contributed by atoms with van der Waals surface area (Å²) in [5, 5.41) is 7.96. The standard InChI is InChI=1S/C21H25N3O3/c1-7-27-20(25)16-15-12(2)23-24-19(15)22-18(17(16)21(3,4)5)13-8-10-14(26-6)11-9-13/h8-11H,7H2,1-6H3,(H,22,23,24). The van der Waals surface area contributed by atoms with Crippen LogP contribution in [-0.4, -0.2) is 34.9 Å². The number of benzene rings is 1. The fourth-order valence-corrected chi connectivity index (χ4v) is 3.30. The molecule has 27 heavy (non-hydrogen) atoms. The van der Waals surface area contributed by atoms with Gasteiger partial charge < -0.3 is 9.47 Å². The van der Waals surface area contributed by atoms with Gasteiger partial charge in [0.05, 0.1) is 30.4 Å². The van der Waals surface area contributed by atoms with Crippen molar-refractivity contribution in [3.63, 3.8) is 0 Å². The highest BCUT2D eigenvalue weighted by molar-refractivity contribution is 6.07. The molecule has 0 radical (unpaired) electrons. The molecule has 2 heterocycles. The average Bonchev–Trinajstić information content (AvgIpc) is 3.00. The lowest BCUT2D eigenvalue weighted by atomic mass is 9.80. The third kappa shape index (κ3) is 3.39. The van der Waals surface area contributed by atoms with Gasteiger partial charge in [0, 0.05) is 11.3 Å². The number of ether oxygens (including phenoxy) is 2. The fourth-order valence-electron chi connectivity index (χ4n) is 3.30. The summed E-state index contributed by atoms with van der Waals surface area (Å²) >= 11 is 0. The third-order valence-electron chi connectivity index (χ3n) is 4.48. The van der Waals surface area contributed by atoms with E-state index in [2.05, 4.69) is 31.0 Å². The van der Waals surface area contributed by atoms with Crippen LogP contribution in [0.4, 0.5) is 0 Å². The van der Waals surface area contributed by atoms with E-state index in [1.165, 1.54) is 0 Å². The van der Waals surface area contributed by atoms with Crippen LogP contribution in [0.3, 0.4) is 0 Å². The molecule has 1 aromatic carbocycles. The average molecular weight is 367 g/mol. The van der Waals surface area contributed by atoms with Gasteiger partial charge in [0.2, 0.25) is 0 Å². The summed E-state index contributed by atoms with van der Waals surface area (Å²) in [5.74, 6) is 0.410. The summed E-state index contributed by atoms with van der Waals surface area (Å²) in [6, 6.07) is 7.65. The highest BCUT2D eigenvalue weighted by atomic mass is 16.5. The minimum atomic E-state index is -0.353. The zero-order valence-corrected chi connectivity index (χ0v) is 16.6. The number of fused-ring (bicyclic) bond motifs is 1. The molecular weight excluding hydrogens is 342 g/mol. The van der Waals surface area contributed by atoms with Crippen LogP contribution in [0.2, 0.25) is 0 Å². The van der Waals surface area contributed by atoms with Crippen molar-refractivity contribution >= 4 is 17.0 Å². The van der Waals surface area contributed by atoms with Crippen molar-refractivity contribution in [1.29, 1.82) is 0 Å². The number of H-pyrrole nitrogens is 1. The number of nitrogens with zero attached hydrogens (tertiary/aromatic N) is 2. The topological polar surface area (TPSA) is 77.1 Å². The van der Waals surface area contributed by atoms with Crippen molar-refractivity contribution in [2.45, 2.75) is 40.0 Å². The van der Waals surface area contributed by atoms with Gasteiger partial charge in [-0.25, -0.2) is 9.78 Å². The van der Waals surface area contributed by atoms with Gasteiger partial charge in [-0.15, -0.1) is 0 Å². The molecule has 0 saturated heterocycles. The van der Waals surface area contributed by atoms with E-state index in [4.69, 9.17) is 14.5 Å². The largest absolute Gasteiger partial charge is 0.497 e. The Balaban J connectivity index is 2.40. The van der Waals surface area contributed by atoms with E-state index >= 15 is 0 Å². The molecular formula is C21H25N3O3. The number of aromatic amines is 1. The van der Waals surface area contributed by atoms with Gasteiger partial charge in [-0.2, -0.15) is 5.10 Å². The summed E-state index contributed by atoms with van der Waals surface area (Å²) in [4.78, 5) is 17.7. The Morgan fingerprint density at radius 2 is 1.85 bits per heavy atom. The molecule has 3 rings (SSSR count). The summed E-state index contributed by atoms with van der Waals surface area (Å²) in [7, 11) is 1.63. The summed E-state index contributed by atoms with van der Waals surface area (Å²) in [5.41, 5.74) is 3.99. The zero-order valence-electron chi connectivity index (χ0n) is 16.6. The lowest BCUT2D eigenvalue weighted by Crippen LogP contribution is -2.21. The third-order valence-corrected chi connectivity index (χ3v) is 4.48. The first-order valence-electron chi connectivity index (χ1n) is 8.98. The molecule has 2 aromatic heterocycles. The number of carbonyl (C=O) groups is 1. The van der Waals surface area contributed by atoms with Gasteiger partial charge in [-0.05, 0) is 49.1 Å². The number of nitrogens with one attached hydrogen (secondary N) is 1. The maximum absolute atomic E-state index is 12.9. The first kappa shape index (κ1) is 18.9. The highest BCUT2D eigenvalue weighted by Crippen LogP contribution is 2.39. The minimum Gasteiger partial charge on any atom is -0.497 e. The van der Waals surface area contributed by atoms with Crippen LogP contribution in [-0.2, 0) is 10.2 Å². The number of methoxy groups -OCH3 is 1. The van der Waals surface area contributed by atoms with Crippen LogP contribution >= 0.6 is 0 Å². The maximum Gasteiger partial charge on any atom is 0.339 e. The predicted octanol–water partition coefficient (Wildman–Crippen LogP) is 4.42. The van der Waals surface area contributed by atoms with E-state index in [0.717, 1.165) is 33.7 Å². The second-order valence-corrected chi connectivity index (χ2v) is 7.46. The maximum atomic E-state index is 12.9. The number of carbonyl (C=O) groups excluding carboxylic acids is 1. The van der Waals surface area contributed by atoms with E-state index < -0.39 is 0 Å². The lowest BCUT2D eigenvalue weighted by molar-refractivity contribution is 0.0526. The number of rotatable bonds is 4. The Hall–Kier alpha value is -2.89. The molecule has 3 aromatic rings. The molecule has 0 atom stereocenters.